The summed E-state index contributed by atoms with van der Waals surface area (Å²) in [6, 6.07) is 20.9. The van der Waals surface area contributed by atoms with Crippen LogP contribution in [-0.2, 0) is 14.9 Å². The van der Waals surface area contributed by atoms with Crippen LogP contribution in [0.15, 0.2) is 60.7 Å². The van der Waals surface area contributed by atoms with E-state index >= 15 is 0 Å². The average Bonchev–Trinajstić information content (AvgIpc) is 2.76. The summed E-state index contributed by atoms with van der Waals surface area (Å²) in [7, 11) is 0. The van der Waals surface area contributed by atoms with Crippen LogP contribution in [0.1, 0.15) is 30.4 Å². The van der Waals surface area contributed by atoms with Gasteiger partial charge in [0.15, 0.2) is 0 Å². The number of nitrogens with zero attached hydrogens (tertiary/aromatic N) is 2. The van der Waals surface area contributed by atoms with E-state index in [2.05, 4.69) is 48.5 Å². The lowest BCUT2D eigenvalue weighted by Crippen LogP contribution is -2.52. The smallest absolute Gasteiger partial charge is 0.409 e. The zero-order chi connectivity index (χ0) is 19.4. The van der Waals surface area contributed by atoms with Gasteiger partial charge in [-0.05, 0) is 24.0 Å². The molecule has 0 radical (unpaired) electrons. The van der Waals surface area contributed by atoms with E-state index in [-0.39, 0.29) is 17.4 Å². The number of amides is 2. The minimum Gasteiger partial charge on any atom is -0.449 e. The maximum absolute atomic E-state index is 12.7. The summed E-state index contributed by atoms with van der Waals surface area (Å²) in [5.41, 5.74) is 2.24. The first kappa shape index (κ1) is 18.5. The van der Waals surface area contributed by atoms with Gasteiger partial charge in [0.1, 0.15) is 0 Å². The Morgan fingerprint density at radius 2 is 1.46 bits per heavy atom. The molecule has 0 N–H and O–H groups in total. The molecule has 2 saturated heterocycles. The van der Waals surface area contributed by atoms with Gasteiger partial charge in [0, 0.05) is 38.0 Å². The van der Waals surface area contributed by atoms with Gasteiger partial charge in [0.05, 0.1) is 6.61 Å². The molecule has 0 unspecified atom stereocenters. The molecule has 0 bridgehead atoms. The van der Waals surface area contributed by atoms with E-state index in [9.17, 15) is 9.59 Å². The molecule has 2 fully saturated rings. The van der Waals surface area contributed by atoms with Crippen LogP contribution < -0.4 is 0 Å². The number of likely N-dealkylation sites (tertiary alicyclic amines) is 1. The highest BCUT2D eigenvalue weighted by molar-refractivity contribution is 5.78. The molecule has 0 saturated carbocycles. The van der Waals surface area contributed by atoms with Crippen molar-refractivity contribution < 1.29 is 14.3 Å². The lowest BCUT2D eigenvalue weighted by Gasteiger charge is -2.44. The van der Waals surface area contributed by atoms with E-state index < -0.39 is 0 Å². The van der Waals surface area contributed by atoms with Crippen LogP contribution >= 0.6 is 0 Å². The van der Waals surface area contributed by atoms with Crippen LogP contribution in [0.2, 0.25) is 0 Å². The number of carbonyl (C=O) groups is 2. The van der Waals surface area contributed by atoms with Gasteiger partial charge in [-0.1, -0.05) is 60.7 Å². The highest BCUT2D eigenvalue weighted by atomic mass is 16.6. The zero-order valence-corrected chi connectivity index (χ0v) is 16.0. The largest absolute Gasteiger partial charge is 0.449 e. The Labute approximate surface area is 165 Å². The quantitative estimate of drug-likeness (QED) is 0.801. The summed E-state index contributed by atoms with van der Waals surface area (Å²) in [5, 5.41) is 0. The number of hydrogen-bond donors (Lipinski definition) is 0. The van der Waals surface area contributed by atoms with Crippen molar-refractivity contribution in [2.45, 2.75) is 24.7 Å². The highest BCUT2D eigenvalue weighted by Crippen LogP contribution is 2.40. The molecule has 5 heteroatoms. The molecule has 0 spiro atoms. The van der Waals surface area contributed by atoms with Gasteiger partial charge in [-0.2, -0.15) is 0 Å². The fourth-order valence-electron chi connectivity index (χ4n) is 4.37. The van der Waals surface area contributed by atoms with Gasteiger partial charge in [-0.3, -0.25) is 4.79 Å². The molecular weight excluding hydrogens is 352 g/mol. The van der Waals surface area contributed by atoms with Crippen molar-refractivity contribution in [2.75, 3.05) is 32.8 Å². The first-order valence-corrected chi connectivity index (χ1v) is 10.00. The lowest BCUT2D eigenvalue weighted by atomic mass is 9.69. The molecule has 2 amide bonds. The third-order valence-electron chi connectivity index (χ3n) is 5.93. The number of hydrogen-bond acceptors (Lipinski definition) is 3. The second kappa shape index (κ2) is 8.05. The van der Waals surface area contributed by atoms with Gasteiger partial charge in [0.25, 0.3) is 0 Å². The molecule has 0 atom stereocenters. The van der Waals surface area contributed by atoms with Gasteiger partial charge >= 0.3 is 6.09 Å². The third kappa shape index (κ3) is 3.61. The van der Waals surface area contributed by atoms with Crippen LogP contribution in [0.5, 0.6) is 0 Å². The number of carbonyl (C=O) groups excluding carboxylic acids is 2. The molecule has 28 heavy (non-hydrogen) atoms. The molecule has 0 aromatic heterocycles. The standard InChI is InChI=1S/C23H26N2O3/c26-21-12-13-23(19-8-3-1-4-9-19,20-10-5-2-6-11-20)18-25(21)16-15-24-14-7-17-28-22(24)27/h1-6,8-11H,7,12-18H2. The Morgan fingerprint density at radius 1 is 0.857 bits per heavy atom. The van der Waals surface area contributed by atoms with Crippen LogP contribution in [0, 0.1) is 0 Å². The number of cyclic esters (lactones) is 1. The van der Waals surface area contributed by atoms with E-state index in [1.165, 1.54) is 11.1 Å². The van der Waals surface area contributed by atoms with Crippen LogP contribution in [0.4, 0.5) is 4.79 Å². The Hall–Kier alpha value is -2.82. The zero-order valence-electron chi connectivity index (χ0n) is 16.0. The van der Waals surface area contributed by atoms with Crippen molar-refractivity contribution in [3.63, 3.8) is 0 Å². The summed E-state index contributed by atoms with van der Waals surface area (Å²) in [6.45, 7) is 2.87. The van der Waals surface area contributed by atoms with Crippen molar-refractivity contribution in [3.05, 3.63) is 71.8 Å². The lowest BCUT2D eigenvalue weighted by molar-refractivity contribution is -0.135. The molecule has 4 rings (SSSR count). The monoisotopic (exact) mass is 378 g/mol. The third-order valence-corrected chi connectivity index (χ3v) is 5.93. The van der Waals surface area contributed by atoms with Gasteiger partial charge in [-0.25, -0.2) is 4.79 Å². The summed E-state index contributed by atoms with van der Waals surface area (Å²) in [4.78, 5) is 28.2. The van der Waals surface area contributed by atoms with Crippen molar-refractivity contribution in [1.82, 2.24) is 9.80 Å². The molecule has 2 aromatic rings. The normalized spacial score (nSPS) is 19.4. The molecule has 2 aliphatic rings. The predicted molar refractivity (Wildman–Crippen MR) is 107 cm³/mol. The second-order valence-electron chi connectivity index (χ2n) is 7.58. The average molecular weight is 378 g/mol. The van der Waals surface area contributed by atoms with Crippen LogP contribution in [0.3, 0.4) is 0 Å². The molecule has 2 aromatic carbocycles. The Kier molecular flexibility index (Phi) is 5.33. The van der Waals surface area contributed by atoms with E-state index in [4.69, 9.17) is 4.74 Å². The number of rotatable bonds is 5. The Bertz CT molecular complexity index is 783. The maximum Gasteiger partial charge on any atom is 0.409 e. The minimum absolute atomic E-state index is 0.160. The molecule has 2 heterocycles. The molecule has 0 aliphatic carbocycles. The minimum atomic E-state index is -0.270. The van der Waals surface area contributed by atoms with Crippen molar-refractivity contribution in [3.8, 4) is 0 Å². The summed E-state index contributed by atoms with van der Waals surface area (Å²) in [5.74, 6) is 0.160. The SMILES string of the molecule is O=C1CCC(c2ccccc2)(c2ccccc2)CN1CCN1CCCOC1=O. The van der Waals surface area contributed by atoms with Crippen LogP contribution in [-0.4, -0.2) is 54.6 Å². The number of piperidine rings is 1. The van der Waals surface area contributed by atoms with E-state index in [0.29, 0.717) is 39.2 Å². The number of benzene rings is 2. The van der Waals surface area contributed by atoms with E-state index in [1.807, 2.05) is 17.0 Å². The van der Waals surface area contributed by atoms with E-state index in [0.717, 1.165) is 12.8 Å². The van der Waals surface area contributed by atoms with Crippen molar-refractivity contribution in [1.29, 1.82) is 0 Å². The fraction of sp³-hybridized carbons (Fsp3) is 0.391. The fourth-order valence-corrected chi connectivity index (χ4v) is 4.37. The maximum atomic E-state index is 12.7. The highest BCUT2D eigenvalue weighted by Gasteiger charge is 2.41. The number of ether oxygens (including phenoxy) is 1. The van der Waals surface area contributed by atoms with Crippen molar-refractivity contribution in [2.24, 2.45) is 0 Å². The predicted octanol–water partition coefficient (Wildman–Crippen LogP) is 3.44. The Balaban J connectivity index is 1.59. The van der Waals surface area contributed by atoms with Gasteiger partial charge in [-0.15, -0.1) is 0 Å². The first-order chi connectivity index (χ1) is 13.7. The summed E-state index contributed by atoms with van der Waals surface area (Å²) < 4.78 is 5.12. The van der Waals surface area contributed by atoms with E-state index in [1.54, 1.807) is 4.90 Å². The molecule has 5 nitrogen and oxygen atoms in total. The van der Waals surface area contributed by atoms with Crippen LogP contribution in [0.25, 0.3) is 0 Å². The summed E-state index contributed by atoms with van der Waals surface area (Å²) in [6.07, 6.45) is 1.88. The molecule has 146 valence electrons. The van der Waals surface area contributed by atoms with Gasteiger partial charge in [0.2, 0.25) is 5.91 Å². The Morgan fingerprint density at radius 3 is 2.07 bits per heavy atom. The van der Waals surface area contributed by atoms with Crippen molar-refractivity contribution >= 4 is 12.0 Å². The first-order valence-electron chi connectivity index (χ1n) is 10.00. The van der Waals surface area contributed by atoms with Gasteiger partial charge < -0.3 is 14.5 Å². The summed E-state index contributed by atoms with van der Waals surface area (Å²) >= 11 is 0. The second-order valence-corrected chi connectivity index (χ2v) is 7.58. The molecule has 2 aliphatic heterocycles. The topological polar surface area (TPSA) is 49.9 Å². The molecular formula is C23H26N2O3.